The van der Waals surface area contributed by atoms with Crippen LogP contribution < -0.4 is 0 Å². The minimum absolute atomic E-state index is 0.156. The van der Waals surface area contributed by atoms with Gasteiger partial charge in [-0.3, -0.25) is 9.48 Å². The zero-order chi connectivity index (χ0) is 18.4. The fourth-order valence-electron chi connectivity index (χ4n) is 3.36. The molecule has 6 nitrogen and oxygen atoms in total. The standard InChI is InChI=1S/C16H19F3N4O2/c1-9-7-13(16(17,18)19)20-23(9)8-14(24)22-6-4-5-12(22)15-10(2)21-25-11(15)3/h7,12H,4-6,8H2,1-3H3/t12-/m0/s1. The molecule has 1 aliphatic rings. The van der Waals surface area contributed by atoms with Gasteiger partial charge in [0.1, 0.15) is 12.3 Å². The van der Waals surface area contributed by atoms with Gasteiger partial charge in [-0.25, -0.2) is 0 Å². The van der Waals surface area contributed by atoms with E-state index < -0.39 is 11.9 Å². The molecular formula is C16H19F3N4O2. The summed E-state index contributed by atoms with van der Waals surface area (Å²) in [4.78, 5) is 14.4. The average molecular weight is 356 g/mol. The lowest BCUT2D eigenvalue weighted by atomic mass is 10.0. The van der Waals surface area contributed by atoms with Crippen molar-refractivity contribution >= 4 is 5.91 Å². The summed E-state index contributed by atoms with van der Waals surface area (Å²) >= 11 is 0. The lowest BCUT2D eigenvalue weighted by Gasteiger charge is -2.25. The molecule has 0 N–H and O–H groups in total. The van der Waals surface area contributed by atoms with Gasteiger partial charge < -0.3 is 9.42 Å². The maximum absolute atomic E-state index is 12.8. The molecule has 0 bridgehead atoms. The topological polar surface area (TPSA) is 64.2 Å². The third kappa shape index (κ3) is 3.27. The molecule has 2 aromatic rings. The summed E-state index contributed by atoms with van der Waals surface area (Å²) in [6.07, 6.45) is -2.92. The number of hydrogen-bond acceptors (Lipinski definition) is 4. The van der Waals surface area contributed by atoms with Gasteiger partial charge in [-0.2, -0.15) is 18.3 Å². The maximum Gasteiger partial charge on any atom is 0.435 e. The van der Waals surface area contributed by atoms with Crippen LogP contribution in [0.4, 0.5) is 13.2 Å². The fraction of sp³-hybridized carbons (Fsp3) is 0.562. The van der Waals surface area contributed by atoms with Crippen LogP contribution in [0.25, 0.3) is 0 Å². The van der Waals surface area contributed by atoms with E-state index in [-0.39, 0.29) is 18.5 Å². The van der Waals surface area contributed by atoms with Crippen LogP contribution in [0.5, 0.6) is 0 Å². The van der Waals surface area contributed by atoms with Gasteiger partial charge in [0.05, 0.1) is 11.7 Å². The molecule has 0 unspecified atom stereocenters. The first-order valence-corrected chi connectivity index (χ1v) is 8.02. The number of hydrogen-bond donors (Lipinski definition) is 0. The monoisotopic (exact) mass is 356 g/mol. The molecule has 0 radical (unpaired) electrons. The second-order valence-electron chi connectivity index (χ2n) is 6.31. The number of alkyl halides is 3. The predicted molar refractivity (Wildman–Crippen MR) is 81.6 cm³/mol. The molecule has 1 atom stereocenters. The Labute approximate surface area is 142 Å². The fourth-order valence-corrected chi connectivity index (χ4v) is 3.36. The second-order valence-corrected chi connectivity index (χ2v) is 6.31. The molecule has 2 aromatic heterocycles. The van der Waals surface area contributed by atoms with Gasteiger partial charge >= 0.3 is 6.18 Å². The second kappa shape index (κ2) is 6.20. The van der Waals surface area contributed by atoms with Crippen molar-refractivity contribution in [2.75, 3.05) is 6.54 Å². The van der Waals surface area contributed by atoms with Crippen molar-refractivity contribution in [1.82, 2.24) is 19.8 Å². The summed E-state index contributed by atoms with van der Waals surface area (Å²) in [6.45, 7) is 5.46. The Bertz CT molecular complexity index is 774. The van der Waals surface area contributed by atoms with E-state index in [1.165, 1.54) is 6.92 Å². The zero-order valence-electron chi connectivity index (χ0n) is 14.2. The van der Waals surface area contributed by atoms with Crippen LogP contribution in [-0.4, -0.2) is 32.3 Å². The Kier molecular flexibility index (Phi) is 4.34. The predicted octanol–water partition coefficient (Wildman–Crippen LogP) is 3.18. The summed E-state index contributed by atoms with van der Waals surface area (Å²) in [5, 5.41) is 7.46. The Morgan fingerprint density at radius 3 is 2.64 bits per heavy atom. The number of aromatic nitrogens is 3. The number of halogens is 3. The van der Waals surface area contributed by atoms with Gasteiger partial charge in [0, 0.05) is 17.8 Å². The van der Waals surface area contributed by atoms with Crippen molar-refractivity contribution in [1.29, 1.82) is 0 Å². The highest BCUT2D eigenvalue weighted by atomic mass is 19.4. The minimum atomic E-state index is -4.52. The number of aryl methyl sites for hydroxylation is 3. The van der Waals surface area contributed by atoms with Gasteiger partial charge in [0.2, 0.25) is 5.91 Å². The molecule has 136 valence electrons. The van der Waals surface area contributed by atoms with E-state index >= 15 is 0 Å². The Balaban J connectivity index is 1.80. The van der Waals surface area contributed by atoms with Gasteiger partial charge in [0.15, 0.2) is 5.69 Å². The number of carbonyl (C=O) groups excluding carboxylic acids is 1. The van der Waals surface area contributed by atoms with E-state index in [1.807, 2.05) is 6.92 Å². The zero-order valence-corrected chi connectivity index (χ0v) is 14.2. The van der Waals surface area contributed by atoms with Crippen LogP contribution in [-0.2, 0) is 17.5 Å². The molecule has 0 spiro atoms. The lowest BCUT2D eigenvalue weighted by molar-refractivity contribution is -0.142. The van der Waals surface area contributed by atoms with E-state index in [4.69, 9.17) is 4.52 Å². The Morgan fingerprint density at radius 1 is 1.36 bits per heavy atom. The molecule has 25 heavy (non-hydrogen) atoms. The van der Waals surface area contributed by atoms with Gasteiger partial charge in [0.25, 0.3) is 0 Å². The van der Waals surface area contributed by atoms with E-state index in [1.54, 1.807) is 11.8 Å². The first kappa shape index (κ1) is 17.5. The van der Waals surface area contributed by atoms with E-state index in [0.29, 0.717) is 18.0 Å². The molecule has 9 heteroatoms. The molecule has 1 amide bonds. The number of nitrogens with zero attached hydrogens (tertiary/aromatic N) is 4. The van der Waals surface area contributed by atoms with Gasteiger partial charge in [-0.05, 0) is 39.7 Å². The minimum Gasteiger partial charge on any atom is -0.361 e. The highest BCUT2D eigenvalue weighted by molar-refractivity contribution is 5.77. The normalized spacial score (nSPS) is 18.2. The summed E-state index contributed by atoms with van der Waals surface area (Å²) in [5.41, 5.74) is 0.936. The van der Waals surface area contributed by atoms with Crippen molar-refractivity contribution in [3.05, 3.63) is 34.5 Å². The average Bonchev–Trinajstić information content (AvgIpc) is 3.19. The van der Waals surface area contributed by atoms with Crippen LogP contribution in [0.2, 0.25) is 0 Å². The molecule has 1 fully saturated rings. The maximum atomic E-state index is 12.8. The number of amides is 1. The van der Waals surface area contributed by atoms with Crippen LogP contribution in [0.15, 0.2) is 10.6 Å². The summed E-state index contributed by atoms with van der Waals surface area (Å²) in [7, 11) is 0. The molecule has 1 aliphatic heterocycles. The van der Waals surface area contributed by atoms with Crippen molar-refractivity contribution in [2.45, 2.75) is 52.4 Å². The number of likely N-dealkylation sites (tertiary alicyclic amines) is 1. The molecule has 3 rings (SSSR count). The Hall–Kier alpha value is -2.32. The highest BCUT2D eigenvalue weighted by Gasteiger charge is 2.36. The summed E-state index contributed by atoms with van der Waals surface area (Å²) in [6, 6.07) is 0.792. The highest BCUT2D eigenvalue weighted by Crippen LogP contribution is 2.36. The lowest BCUT2D eigenvalue weighted by Crippen LogP contribution is -2.34. The van der Waals surface area contributed by atoms with Crippen molar-refractivity contribution in [3.8, 4) is 0 Å². The van der Waals surface area contributed by atoms with Crippen LogP contribution in [0, 0.1) is 20.8 Å². The number of carbonyl (C=O) groups is 1. The molecular weight excluding hydrogens is 337 g/mol. The first-order valence-electron chi connectivity index (χ1n) is 8.02. The Morgan fingerprint density at radius 2 is 2.08 bits per heavy atom. The molecule has 0 aliphatic carbocycles. The third-order valence-electron chi connectivity index (χ3n) is 4.55. The van der Waals surface area contributed by atoms with Crippen molar-refractivity contribution < 1.29 is 22.5 Å². The largest absolute Gasteiger partial charge is 0.435 e. The molecule has 0 aromatic carbocycles. The first-order chi connectivity index (χ1) is 11.7. The van der Waals surface area contributed by atoms with E-state index in [0.717, 1.165) is 34.8 Å². The molecule has 0 saturated carbocycles. The number of rotatable bonds is 3. The van der Waals surface area contributed by atoms with E-state index in [2.05, 4.69) is 10.3 Å². The van der Waals surface area contributed by atoms with Crippen molar-refractivity contribution in [2.24, 2.45) is 0 Å². The van der Waals surface area contributed by atoms with E-state index in [9.17, 15) is 18.0 Å². The quantitative estimate of drug-likeness (QED) is 0.847. The van der Waals surface area contributed by atoms with Gasteiger partial charge in [-0.1, -0.05) is 5.16 Å². The molecule has 3 heterocycles. The summed E-state index contributed by atoms with van der Waals surface area (Å²) in [5.74, 6) is 0.402. The van der Waals surface area contributed by atoms with Crippen molar-refractivity contribution in [3.63, 3.8) is 0 Å². The van der Waals surface area contributed by atoms with Crippen LogP contribution in [0.1, 0.15) is 47.3 Å². The van der Waals surface area contributed by atoms with Crippen LogP contribution in [0.3, 0.4) is 0 Å². The third-order valence-corrected chi connectivity index (χ3v) is 4.55. The molecule has 1 saturated heterocycles. The van der Waals surface area contributed by atoms with Gasteiger partial charge in [-0.15, -0.1) is 0 Å². The SMILES string of the molecule is Cc1noc(C)c1[C@@H]1CCCN1C(=O)Cn1nc(C(F)(F)F)cc1C. The smallest absolute Gasteiger partial charge is 0.361 e. The summed E-state index contributed by atoms with van der Waals surface area (Å²) < 4.78 is 44.6. The van der Waals surface area contributed by atoms with Crippen LogP contribution >= 0.6 is 0 Å².